The Labute approximate surface area is 232 Å². The third kappa shape index (κ3) is 5.27. The molecule has 0 radical (unpaired) electrons. The van der Waals surface area contributed by atoms with Crippen molar-refractivity contribution in [1.82, 2.24) is 10.2 Å². The molecule has 4 aliphatic rings. The molecule has 8 heteroatoms. The third-order valence-corrected chi connectivity index (χ3v) is 8.30. The second-order valence-corrected chi connectivity index (χ2v) is 10.8. The Balaban J connectivity index is 1.05. The van der Waals surface area contributed by atoms with E-state index in [4.69, 9.17) is 0 Å². The highest BCUT2D eigenvalue weighted by molar-refractivity contribution is 5.94. The molecule has 208 valence electrons. The van der Waals surface area contributed by atoms with Gasteiger partial charge in [0.05, 0.1) is 5.56 Å². The van der Waals surface area contributed by atoms with Crippen LogP contribution in [0.2, 0.25) is 0 Å². The predicted octanol–water partition coefficient (Wildman–Crippen LogP) is 6.23. The van der Waals surface area contributed by atoms with E-state index in [1.807, 2.05) is 35.4 Å². The van der Waals surface area contributed by atoms with E-state index in [0.29, 0.717) is 18.4 Å². The Morgan fingerprint density at radius 2 is 1.55 bits per heavy atom. The van der Waals surface area contributed by atoms with Gasteiger partial charge in [-0.3, -0.25) is 4.79 Å². The molecule has 1 saturated carbocycles. The van der Waals surface area contributed by atoms with Crippen molar-refractivity contribution in [2.45, 2.75) is 32.5 Å². The first-order chi connectivity index (χ1) is 19.3. The largest absolute Gasteiger partial charge is 0.416 e. The number of piperazine rings is 1. The third-order valence-electron chi connectivity index (χ3n) is 8.30. The number of carbonyl (C=O) groups excluding carboxylic acids is 1. The lowest BCUT2D eigenvalue weighted by Gasteiger charge is -2.37. The van der Waals surface area contributed by atoms with Gasteiger partial charge in [-0.25, -0.2) is 0 Å². The highest BCUT2D eigenvalue weighted by atomic mass is 19.4. The van der Waals surface area contributed by atoms with Crippen molar-refractivity contribution < 1.29 is 18.0 Å². The molecule has 3 heterocycles. The maximum Gasteiger partial charge on any atom is 0.416 e. The minimum atomic E-state index is -4.32. The number of anilines is 2. The van der Waals surface area contributed by atoms with Crippen LogP contribution in [0.4, 0.5) is 24.5 Å². The van der Waals surface area contributed by atoms with Crippen molar-refractivity contribution in [1.29, 1.82) is 0 Å². The quantitative estimate of drug-likeness (QED) is 0.466. The van der Waals surface area contributed by atoms with Gasteiger partial charge < -0.3 is 20.0 Å². The molecule has 1 amide bonds. The maximum atomic E-state index is 13.5. The van der Waals surface area contributed by atoms with Crippen molar-refractivity contribution in [3.8, 4) is 0 Å². The van der Waals surface area contributed by atoms with Crippen LogP contribution in [0.3, 0.4) is 0 Å². The monoisotopic (exact) mass is 546 g/mol. The van der Waals surface area contributed by atoms with Crippen LogP contribution in [0, 0.1) is 11.8 Å². The molecule has 0 bridgehead atoms. The second kappa shape index (κ2) is 10.6. The summed E-state index contributed by atoms with van der Waals surface area (Å²) in [6.07, 6.45) is 7.99. The zero-order valence-corrected chi connectivity index (χ0v) is 22.5. The van der Waals surface area contributed by atoms with Crippen LogP contribution in [0.1, 0.15) is 30.9 Å². The Morgan fingerprint density at radius 3 is 2.15 bits per heavy atom. The molecule has 0 spiro atoms. The molecule has 40 heavy (non-hydrogen) atoms. The topological polar surface area (TPSA) is 38.8 Å². The lowest BCUT2D eigenvalue weighted by molar-refractivity contribution is -0.137. The molecule has 3 aliphatic heterocycles. The molecule has 1 saturated heterocycles. The Morgan fingerprint density at radius 1 is 0.925 bits per heavy atom. The van der Waals surface area contributed by atoms with Crippen molar-refractivity contribution in [2.24, 2.45) is 11.8 Å². The summed E-state index contributed by atoms with van der Waals surface area (Å²) in [6.45, 7) is 5.60. The summed E-state index contributed by atoms with van der Waals surface area (Å²) in [5.74, 6) is 0.946. The predicted molar refractivity (Wildman–Crippen MR) is 151 cm³/mol. The maximum absolute atomic E-state index is 13.5. The summed E-state index contributed by atoms with van der Waals surface area (Å²) in [6, 6.07) is 13.6. The summed E-state index contributed by atoms with van der Waals surface area (Å²) in [5.41, 5.74) is 5.39. The van der Waals surface area contributed by atoms with E-state index in [0.717, 1.165) is 79.5 Å². The van der Waals surface area contributed by atoms with Crippen molar-refractivity contribution in [3.63, 3.8) is 0 Å². The molecule has 1 N–H and O–H groups in total. The minimum absolute atomic E-state index is 0.0429. The van der Waals surface area contributed by atoms with E-state index in [1.165, 1.54) is 5.57 Å². The summed E-state index contributed by atoms with van der Waals surface area (Å²) in [4.78, 5) is 19.9. The van der Waals surface area contributed by atoms with E-state index in [2.05, 4.69) is 46.3 Å². The second-order valence-electron chi connectivity index (χ2n) is 10.8. The first-order valence-corrected chi connectivity index (χ1v) is 13.9. The molecular weight excluding hydrogens is 513 g/mol. The number of carbonyl (C=O) groups is 1. The normalized spacial score (nSPS) is 22.0. The zero-order chi connectivity index (χ0) is 27.9. The molecule has 2 aromatic carbocycles. The van der Waals surface area contributed by atoms with E-state index in [-0.39, 0.29) is 5.91 Å². The van der Waals surface area contributed by atoms with Gasteiger partial charge >= 0.3 is 6.18 Å². The lowest BCUT2D eigenvalue weighted by atomic mass is 10.0. The Bertz CT molecular complexity index is 1380. The fourth-order valence-electron chi connectivity index (χ4n) is 6.00. The van der Waals surface area contributed by atoms with Crippen LogP contribution in [-0.4, -0.2) is 37.0 Å². The summed E-state index contributed by atoms with van der Waals surface area (Å²) in [5, 5.41) is 3.15. The number of hydrogen-bond acceptors (Lipinski definition) is 4. The van der Waals surface area contributed by atoms with Gasteiger partial charge in [0.1, 0.15) is 5.70 Å². The van der Waals surface area contributed by atoms with Crippen molar-refractivity contribution in [3.05, 3.63) is 107 Å². The van der Waals surface area contributed by atoms with E-state index in [1.54, 1.807) is 12.1 Å². The summed E-state index contributed by atoms with van der Waals surface area (Å²) in [7, 11) is 0. The average Bonchev–Trinajstić information content (AvgIpc) is 3.74. The number of allylic oxidation sites excluding steroid dienone is 5. The lowest BCUT2D eigenvalue weighted by Crippen LogP contribution is -2.46. The van der Waals surface area contributed by atoms with E-state index in [9.17, 15) is 18.0 Å². The molecule has 2 aromatic rings. The number of nitrogens with one attached hydrogen (secondary N) is 1. The molecule has 0 aromatic heterocycles. The number of halogens is 3. The number of amides is 1. The first-order valence-electron chi connectivity index (χ1n) is 13.9. The number of fused-ring (bicyclic) bond motifs is 2. The van der Waals surface area contributed by atoms with Gasteiger partial charge in [0.15, 0.2) is 0 Å². The van der Waals surface area contributed by atoms with Gasteiger partial charge in [0.25, 0.3) is 5.91 Å². The molecule has 2 atom stereocenters. The van der Waals surface area contributed by atoms with Crippen LogP contribution >= 0.6 is 0 Å². The highest BCUT2D eigenvalue weighted by Crippen LogP contribution is 2.51. The molecule has 5 nitrogen and oxygen atoms in total. The summed E-state index contributed by atoms with van der Waals surface area (Å²) >= 11 is 0. The van der Waals surface area contributed by atoms with Crippen LogP contribution in [-0.2, 0) is 17.5 Å². The SMILES string of the molecule is CCC1=C(C(=O)NCc2ccc(N3CCN(c4ccc(C(F)(F)F)cc4)CC3)cc2)N2C=CC=CC2=CC2CC12. The molecule has 2 unspecified atom stereocenters. The average molecular weight is 547 g/mol. The van der Waals surface area contributed by atoms with Gasteiger partial charge in [-0.15, -0.1) is 0 Å². The number of alkyl halides is 3. The number of benzene rings is 2. The molecular formula is C32H33F3N4O. The number of hydrogen-bond donors (Lipinski definition) is 1. The fourth-order valence-corrected chi connectivity index (χ4v) is 6.00. The highest BCUT2D eigenvalue weighted by Gasteiger charge is 2.43. The zero-order valence-electron chi connectivity index (χ0n) is 22.5. The van der Waals surface area contributed by atoms with Gasteiger partial charge in [-0.2, -0.15) is 13.2 Å². The van der Waals surface area contributed by atoms with Gasteiger partial charge in [0, 0.05) is 56.0 Å². The van der Waals surface area contributed by atoms with Crippen molar-refractivity contribution in [2.75, 3.05) is 36.0 Å². The van der Waals surface area contributed by atoms with Gasteiger partial charge in [0.2, 0.25) is 0 Å². The smallest absolute Gasteiger partial charge is 0.368 e. The van der Waals surface area contributed by atoms with Crippen LogP contribution in [0.15, 0.2) is 96.0 Å². The summed E-state index contributed by atoms with van der Waals surface area (Å²) < 4.78 is 38.6. The minimum Gasteiger partial charge on any atom is -0.368 e. The molecule has 1 aliphatic carbocycles. The van der Waals surface area contributed by atoms with E-state index < -0.39 is 11.7 Å². The Hall–Kier alpha value is -3.94. The van der Waals surface area contributed by atoms with Gasteiger partial charge in [-0.1, -0.05) is 31.2 Å². The van der Waals surface area contributed by atoms with Crippen LogP contribution in [0.5, 0.6) is 0 Å². The van der Waals surface area contributed by atoms with E-state index >= 15 is 0 Å². The van der Waals surface area contributed by atoms with Gasteiger partial charge in [-0.05, 0) is 84.4 Å². The standard InChI is InChI=1S/C32H33F3N4O/c1-2-28-29-20-23(29)19-27-5-3-4-14-39(27)30(28)31(40)36-21-22-6-10-25(11-7-22)37-15-17-38(18-16-37)26-12-8-24(9-13-26)32(33,34)35/h3-14,19,23,29H,2,15-18,20-21H2,1H3,(H,36,40). The van der Waals surface area contributed by atoms with Crippen LogP contribution < -0.4 is 15.1 Å². The van der Waals surface area contributed by atoms with Crippen molar-refractivity contribution >= 4 is 17.3 Å². The molecule has 2 fully saturated rings. The molecule has 6 rings (SSSR count). The number of nitrogens with zero attached hydrogens (tertiary/aromatic N) is 3. The number of rotatable bonds is 6. The fraction of sp³-hybridized carbons (Fsp3) is 0.344. The first kappa shape index (κ1) is 26.3. The Kier molecular flexibility index (Phi) is 6.94. The van der Waals surface area contributed by atoms with Crippen LogP contribution in [0.25, 0.3) is 0 Å².